The Morgan fingerprint density at radius 2 is 2.05 bits per heavy atom. The summed E-state index contributed by atoms with van der Waals surface area (Å²) in [7, 11) is 0. The molecule has 0 unspecified atom stereocenters. The van der Waals surface area contributed by atoms with Crippen LogP contribution in [-0.4, -0.2) is 17.9 Å². The van der Waals surface area contributed by atoms with E-state index in [1.807, 2.05) is 37.3 Å². The van der Waals surface area contributed by atoms with Gasteiger partial charge in [-0.3, -0.25) is 0 Å². The second kappa shape index (κ2) is 6.36. The first-order valence-corrected chi connectivity index (χ1v) is 6.56. The minimum Gasteiger partial charge on any atom is -0.477 e. The summed E-state index contributed by atoms with van der Waals surface area (Å²) in [5, 5.41) is 9.00. The van der Waals surface area contributed by atoms with E-state index in [-0.39, 0.29) is 11.7 Å². The smallest absolute Gasteiger partial charge is 0.349 e. The molecule has 1 heterocycles. The lowest BCUT2D eigenvalue weighted by Gasteiger charge is -2.06. The zero-order valence-electron chi connectivity index (χ0n) is 10.5. The molecule has 0 aliphatic heterocycles. The monoisotopic (exact) mass is 278 g/mol. The summed E-state index contributed by atoms with van der Waals surface area (Å²) < 4.78 is 10.7. The Hall–Kier alpha value is -1.85. The molecule has 0 radical (unpaired) electrons. The predicted octanol–water partition coefficient (Wildman–Crippen LogP) is 3.31. The van der Waals surface area contributed by atoms with Crippen molar-refractivity contribution in [3.05, 3.63) is 51.7 Å². The molecular weight excluding hydrogens is 264 g/mol. The molecule has 0 amide bonds. The van der Waals surface area contributed by atoms with Crippen molar-refractivity contribution in [3.63, 3.8) is 0 Å². The van der Waals surface area contributed by atoms with Gasteiger partial charge in [0.2, 0.25) is 0 Å². The van der Waals surface area contributed by atoms with Gasteiger partial charge in [-0.1, -0.05) is 30.3 Å². The molecule has 2 aromatic rings. The van der Waals surface area contributed by atoms with E-state index in [4.69, 9.17) is 14.6 Å². The Morgan fingerprint density at radius 3 is 2.74 bits per heavy atom. The van der Waals surface area contributed by atoms with Crippen LogP contribution in [0.5, 0.6) is 5.75 Å². The highest BCUT2D eigenvalue weighted by Crippen LogP contribution is 2.28. The van der Waals surface area contributed by atoms with Gasteiger partial charge in [-0.2, -0.15) is 0 Å². The standard InChI is InChI=1S/C14H14O4S/c1-10-7-12(13(19-10)14(15)16)18-9-17-8-11-5-3-2-4-6-11/h2-7H,8-9H2,1H3,(H,15,16). The minimum absolute atomic E-state index is 0.0331. The fraction of sp³-hybridized carbons (Fsp3) is 0.214. The van der Waals surface area contributed by atoms with E-state index in [1.54, 1.807) is 6.07 Å². The average molecular weight is 278 g/mol. The van der Waals surface area contributed by atoms with Gasteiger partial charge in [-0.15, -0.1) is 11.3 Å². The highest BCUT2D eigenvalue weighted by molar-refractivity contribution is 7.14. The summed E-state index contributed by atoms with van der Waals surface area (Å²) in [6, 6.07) is 11.4. The molecule has 1 aromatic heterocycles. The van der Waals surface area contributed by atoms with Crippen molar-refractivity contribution in [1.29, 1.82) is 0 Å². The van der Waals surface area contributed by atoms with Gasteiger partial charge in [0, 0.05) is 4.88 Å². The first-order chi connectivity index (χ1) is 9.16. The van der Waals surface area contributed by atoms with Gasteiger partial charge in [-0.05, 0) is 18.6 Å². The van der Waals surface area contributed by atoms with E-state index in [0.29, 0.717) is 12.4 Å². The van der Waals surface area contributed by atoms with Crippen LogP contribution in [0.25, 0.3) is 0 Å². The fourth-order valence-corrected chi connectivity index (χ4v) is 2.38. The van der Waals surface area contributed by atoms with Crippen LogP contribution in [0, 0.1) is 6.92 Å². The van der Waals surface area contributed by atoms with Gasteiger partial charge in [0.1, 0.15) is 5.75 Å². The molecule has 4 nitrogen and oxygen atoms in total. The van der Waals surface area contributed by atoms with Gasteiger partial charge in [0.05, 0.1) is 6.61 Å². The highest BCUT2D eigenvalue weighted by Gasteiger charge is 2.15. The molecule has 0 aliphatic rings. The maximum Gasteiger partial charge on any atom is 0.349 e. The van der Waals surface area contributed by atoms with Crippen LogP contribution in [0.1, 0.15) is 20.1 Å². The number of aryl methyl sites for hydroxylation is 1. The zero-order chi connectivity index (χ0) is 13.7. The quantitative estimate of drug-likeness (QED) is 0.650. The Bertz CT molecular complexity index is 548. The van der Waals surface area contributed by atoms with Gasteiger partial charge in [0.15, 0.2) is 11.7 Å². The Balaban J connectivity index is 1.84. The third-order valence-corrected chi connectivity index (χ3v) is 3.44. The SMILES string of the molecule is Cc1cc(OCOCc2ccccc2)c(C(=O)O)s1. The van der Waals surface area contributed by atoms with E-state index in [0.717, 1.165) is 10.4 Å². The second-order valence-corrected chi connectivity index (χ2v) is 5.21. The molecule has 0 aliphatic carbocycles. The zero-order valence-corrected chi connectivity index (χ0v) is 11.3. The van der Waals surface area contributed by atoms with Crippen molar-refractivity contribution < 1.29 is 19.4 Å². The summed E-state index contributed by atoms with van der Waals surface area (Å²) in [5.41, 5.74) is 1.05. The normalized spacial score (nSPS) is 10.4. The molecule has 0 atom stereocenters. The Kier molecular flexibility index (Phi) is 4.54. The maximum absolute atomic E-state index is 11.0. The van der Waals surface area contributed by atoms with Gasteiger partial charge in [-0.25, -0.2) is 4.79 Å². The number of ether oxygens (including phenoxy) is 2. The van der Waals surface area contributed by atoms with Crippen molar-refractivity contribution in [2.45, 2.75) is 13.5 Å². The third-order valence-electron chi connectivity index (χ3n) is 2.42. The molecule has 19 heavy (non-hydrogen) atoms. The number of hydrogen-bond donors (Lipinski definition) is 1. The molecule has 5 heteroatoms. The molecular formula is C14H14O4S. The predicted molar refractivity (Wildman–Crippen MR) is 72.7 cm³/mol. The van der Waals surface area contributed by atoms with Crippen molar-refractivity contribution in [2.24, 2.45) is 0 Å². The van der Waals surface area contributed by atoms with Crippen LogP contribution in [-0.2, 0) is 11.3 Å². The van der Waals surface area contributed by atoms with Gasteiger partial charge >= 0.3 is 5.97 Å². The summed E-state index contributed by atoms with van der Waals surface area (Å²) in [5.74, 6) is -0.612. The fourth-order valence-electron chi connectivity index (χ4n) is 1.59. The molecule has 0 saturated heterocycles. The van der Waals surface area contributed by atoms with Crippen LogP contribution in [0.2, 0.25) is 0 Å². The van der Waals surface area contributed by atoms with Crippen LogP contribution in [0.15, 0.2) is 36.4 Å². The molecule has 0 saturated carbocycles. The number of thiophene rings is 1. The molecule has 1 aromatic carbocycles. The number of carboxylic acid groups (broad SMARTS) is 1. The summed E-state index contributed by atoms with van der Waals surface area (Å²) in [6.07, 6.45) is 0. The number of rotatable bonds is 6. The summed E-state index contributed by atoms with van der Waals surface area (Å²) in [4.78, 5) is 12.1. The van der Waals surface area contributed by atoms with Crippen molar-refractivity contribution >= 4 is 17.3 Å². The first-order valence-electron chi connectivity index (χ1n) is 5.75. The molecule has 0 spiro atoms. The number of benzene rings is 1. The topological polar surface area (TPSA) is 55.8 Å². The van der Waals surface area contributed by atoms with Gasteiger partial charge in [0.25, 0.3) is 0 Å². The van der Waals surface area contributed by atoms with Crippen molar-refractivity contribution in [2.75, 3.05) is 6.79 Å². The lowest BCUT2D eigenvalue weighted by Crippen LogP contribution is -2.05. The van der Waals surface area contributed by atoms with E-state index in [1.165, 1.54) is 11.3 Å². The number of carboxylic acids is 1. The Labute approximate surface area is 115 Å². The Morgan fingerprint density at radius 1 is 1.32 bits per heavy atom. The lowest BCUT2D eigenvalue weighted by molar-refractivity contribution is 0.00463. The van der Waals surface area contributed by atoms with Crippen LogP contribution in [0.4, 0.5) is 0 Å². The number of carbonyl (C=O) groups is 1. The van der Waals surface area contributed by atoms with Crippen LogP contribution < -0.4 is 4.74 Å². The summed E-state index contributed by atoms with van der Waals surface area (Å²) >= 11 is 1.20. The molecule has 0 fully saturated rings. The second-order valence-electron chi connectivity index (χ2n) is 3.95. The van der Waals surface area contributed by atoms with Crippen LogP contribution in [0.3, 0.4) is 0 Å². The first kappa shape index (κ1) is 13.6. The van der Waals surface area contributed by atoms with E-state index in [2.05, 4.69) is 0 Å². The average Bonchev–Trinajstić information content (AvgIpc) is 2.77. The van der Waals surface area contributed by atoms with Crippen LogP contribution >= 0.6 is 11.3 Å². The molecule has 2 rings (SSSR count). The molecule has 0 bridgehead atoms. The number of hydrogen-bond acceptors (Lipinski definition) is 4. The molecule has 100 valence electrons. The maximum atomic E-state index is 11.0. The van der Waals surface area contributed by atoms with Crippen molar-refractivity contribution in [1.82, 2.24) is 0 Å². The minimum atomic E-state index is -0.976. The van der Waals surface area contributed by atoms with Crippen molar-refractivity contribution in [3.8, 4) is 5.75 Å². The highest BCUT2D eigenvalue weighted by atomic mass is 32.1. The third kappa shape index (κ3) is 3.81. The van der Waals surface area contributed by atoms with E-state index >= 15 is 0 Å². The largest absolute Gasteiger partial charge is 0.477 e. The van der Waals surface area contributed by atoms with Gasteiger partial charge < -0.3 is 14.6 Å². The number of aromatic carboxylic acids is 1. The lowest BCUT2D eigenvalue weighted by atomic mass is 10.2. The van der Waals surface area contributed by atoms with E-state index in [9.17, 15) is 4.79 Å². The summed E-state index contributed by atoms with van der Waals surface area (Å²) in [6.45, 7) is 2.31. The van der Waals surface area contributed by atoms with E-state index < -0.39 is 5.97 Å². The molecule has 1 N–H and O–H groups in total.